The van der Waals surface area contributed by atoms with Gasteiger partial charge in [0.05, 0.1) is 31.3 Å². The molecule has 1 amide bonds. The lowest BCUT2D eigenvalue weighted by Gasteiger charge is -2.13. The Morgan fingerprint density at radius 3 is 2.71 bits per heavy atom. The number of carbonyl (C=O) groups excluding carboxylic acids is 1. The van der Waals surface area contributed by atoms with E-state index < -0.39 is 0 Å². The van der Waals surface area contributed by atoms with Crippen LogP contribution >= 0.6 is 11.6 Å². The summed E-state index contributed by atoms with van der Waals surface area (Å²) in [7, 11) is 3.16. The molecule has 0 radical (unpaired) electrons. The molecule has 0 bridgehead atoms. The van der Waals surface area contributed by atoms with Crippen LogP contribution in [0.15, 0.2) is 30.5 Å². The first-order valence-electron chi connectivity index (χ1n) is 7.39. The Kier molecular flexibility index (Phi) is 6.40. The number of nitrogens with one attached hydrogen (secondary N) is 2. The number of halogens is 1. The quantitative estimate of drug-likeness (QED) is 0.751. The van der Waals surface area contributed by atoms with Gasteiger partial charge in [0.25, 0.3) is 5.91 Å². The van der Waals surface area contributed by atoms with Crippen LogP contribution in [0.1, 0.15) is 16.1 Å². The number of aryl methyl sites for hydroxylation is 1. The number of pyridine rings is 1. The molecule has 7 heteroatoms. The highest BCUT2D eigenvalue weighted by molar-refractivity contribution is 6.31. The minimum Gasteiger partial charge on any atom is -0.495 e. The summed E-state index contributed by atoms with van der Waals surface area (Å²) in [6, 6.07) is 7.08. The van der Waals surface area contributed by atoms with E-state index in [1.165, 1.54) is 0 Å². The molecule has 0 saturated heterocycles. The van der Waals surface area contributed by atoms with E-state index in [1.54, 1.807) is 38.6 Å². The Balaban J connectivity index is 2.09. The molecule has 1 heterocycles. The molecule has 0 atom stereocenters. The van der Waals surface area contributed by atoms with Crippen LogP contribution in [0, 0.1) is 6.92 Å². The SMILES string of the molecule is COCCNC(=O)c1ccc(Nc2cc(C)c(Cl)cc2OC)cn1. The molecule has 1 aromatic heterocycles. The monoisotopic (exact) mass is 349 g/mol. The number of nitrogens with zero attached hydrogens (tertiary/aromatic N) is 1. The van der Waals surface area contributed by atoms with E-state index in [2.05, 4.69) is 15.6 Å². The summed E-state index contributed by atoms with van der Waals surface area (Å²) in [6.45, 7) is 2.82. The van der Waals surface area contributed by atoms with Crippen molar-refractivity contribution in [3.63, 3.8) is 0 Å². The van der Waals surface area contributed by atoms with Crippen molar-refractivity contribution in [1.82, 2.24) is 10.3 Å². The number of carbonyl (C=O) groups is 1. The first-order chi connectivity index (χ1) is 11.5. The molecule has 0 saturated carbocycles. The van der Waals surface area contributed by atoms with Gasteiger partial charge in [0.1, 0.15) is 11.4 Å². The first-order valence-corrected chi connectivity index (χ1v) is 7.77. The first kappa shape index (κ1) is 18.0. The molecule has 0 aliphatic carbocycles. The van der Waals surface area contributed by atoms with Crippen molar-refractivity contribution in [2.45, 2.75) is 6.92 Å². The van der Waals surface area contributed by atoms with Gasteiger partial charge in [0.15, 0.2) is 0 Å². The van der Waals surface area contributed by atoms with Crippen LogP contribution in [0.4, 0.5) is 11.4 Å². The number of amides is 1. The third-order valence-electron chi connectivity index (χ3n) is 3.35. The Bertz CT molecular complexity index is 705. The van der Waals surface area contributed by atoms with E-state index in [1.807, 2.05) is 13.0 Å². The Morgan fingerprint density at radius 2 is 2.08 bits per heavy atom. The number of ether oxygens (including phenoxy) is 2. The largest absolute Gasteiger partial charge is 0.495 e. The second-order valence-corrected chi connectivity index (χ2v) is 5.51. The van der Waals surface area contributed by atoms with Gasteiger partial charge in [-0.05, 0) is 30.7 Å². The van der Waals surface area contributed by atoms with Crippen LogP contribution < -0.4 is 15.4 Å². The zero-order chi connectivity index (χ0) is 17.5. The fourth-order valence-corrected chi connectivity index (χ4v) is 2.20. The Labute approximate surface area is 146 Å². The lowest BCUT2D eigenvalue weighted by atomic mass is 10.2. The van der Waals surface area contributed by atoms with Crippen LogP contribution in [-0.2, 0) is 4.74 Å². The van der Waals surface area contributed by atoms with Crippen molar-refractivity contribution in [3.8, 4) is 5.75 Å². The van der Waals surface area contributed by atoms with Gasteiger partial charge in [-0.1, -0.05) is 11.6 Å². The average molecular weight is 350 g/mol. The molecule has 128 valence electrons. The van der Waals surface area contributed by atoms with Crippen molar-refractivity contribution in [3.05, 3.63) is 46.7 Å². The molecule has 2 rings (SSSR count). The molecule has 0 spiro atoms. The third-order valence-corrected chi connectivity index (χ3v) is 3.75. The summed E-state index contributed by atoms with van der Waals surface area (Å²) in [4.78, 5) is 16.1. The molecule has 0 aliphatic heterocycles. The molecule has 0 unspecified atom stereocenters. The average Bonchev–Trinajstić information content (AvgIpc) is 2.58. The van der Waals surface area contributed by atoms with Crippen molar-refractivity contribution >= 4 is 28.9 Å². The van der Waals surface area contributed by atoms with E-state index >= 15 is 0 Å². The predicted octanol–water partition coefficient (Wildman–Crippen LogP) is 3.17. The number of hydrogen-bond acceptors (Lipinski definition) is 5. The number of rotatable bonds is 7. The minimum atomic E-state index is -0.237. The summed E-state index contributed by atoms with van der Waals surface area (Å²) in [5.41, 5.74) is 2.79. The number of hydrogen-bond donors (Lipinski definition) is 2. The van der Waals surface area contributed by atoms with Gasteiger partial charge in [-0.25, -0.2) is 4.98 Å². The second-order valence-electron chi connectivity index (χ2n) is 5.11. The molecule has 24 heavy (non-hydrogen) atoms. The zero-order valence-electron chi connectivity index (χ0n) is 13.9. The second kappa shape index (κ2) is 8.52. The predicted molar refractivity (Wildman–Crippen MR) is 94.5 cm³/mol. The third kappa shape index (κ3) is 4.59. The smallest absolute Gasteiger partial charge is 0.269 e. The number of benzene rings is 1. The fraction of sp³-hybridized carbons (Fsp3) is 0.294. The lowest BCUT2D eigenvalue weighted by molar-refractivity contribution is 0.0932. The molecular formula is C17H20ClN3O3. The van der Waals surface area contributed by atoms with E-state index in [0.29, 0.717) is 29.6 Å². The normalized spacial score (nSPS) is 10.3. The highest BCUT2D eigenvalue weighted by Gasteiger charge is 2.09. The summed E-state index contributed by atoms with van der Waals surface area (Å²) in [5.74, 6) is 0.394. The molecule has 0 fully saturated rings. The minimum absolute atomic E-state index is 0.237. The number of aromatic nitrogens is 1. The standard InChI is InChI=1S/C17H20ClN3O3/c1-11-8-15(16(24-3)9-13(11)18)21-12-4-5-14(20-10-12)17(22)19-6-7-23-2/h4-5,8-10,21H,6-7H2,1-3H3,(H,19,22). The molecule has 2 aromatic rings. The van der Waals surface area contributed by atoms with Crippen LogP contribution in [0.5, 0.6) is 5.75 Å². The topological polar surface area (TPSA) is 72.5 Å². The van der Waals surface area contributed by atoms with Crippen molar-refractivity contribution < 1.29 is 14.3 Å². The van der Waals surface area contributed by atoms with Crippen LogP contribution in [0.2, 0.25) is 5.02 Å². The summed E-state index contributed by atoms with van der Waals surface area (Å²) in [5, 5.41) is 6.57. The van der Waals surface area contributed by atoms with Gasteiger partial charge in [0, 0.05) is 24.7 Å². The maximum Gasteiger partial charge on any atom is 0.269 e. The van der Waals surface area contributed by atoms with Gasteiger partial charge in [-0.2, -0.15) is 0 Å². The van der Waals surface area contributed by atoms with Gasteiger partial charge in [0.2, 0.25) is 0 Å². The van der Waals surface area contributed by atoms with Gasteiger partial charge >= 0.3 is 0 Å². The molecule has 2 N–H and O–H groups in total. The van der Waals surface area contributed by atoms with Crippen LogP contribution in [0.3, 0.4) is 0 Å². The molecule has 1 aromatic carbocycles. The van der Waals surface area contributed by atoms with Crippen molar-refractivity contribution in [2.75, 3.05) is 32.7 Å². The summed E-state index contributed by atoms with van der Waals surface area (Å²) in [6.07, 6.45) is 1.59. The van der Waals surface area contributed by atoms with Gasteiger partial charge in [-0.15, -0.1) is 0 Å². The van der Waals surface area contributed by atoms with E-state index in [9.17, 15) is 4.79 Å². The van der Waals surface area contributed by atoms with Crippen molar-refractivity contribution in [2.24, 2.45) is 0 Å². The van der Waals surface area contributed by atoms with Gasteiger partial charge in [-0.3, -0.25) is 4.79 Å². The molecular weight excluding hydrogens is 330 g/mol. The zero-order valence-corrected chi connectivity index (χ0v) is 14.6. The van der Waals surface area contributed by atoms with E-state index in [0.717, 1.165) is 16.9 Å². The summed E-state index contributed by atoms with van der Waals surface area (Å²) < 4.78 is 10.2. The Morgan fingerprint density at radius 1 is 1.29 bits per heavy atom. The van der Waals surface area contributed by atoms with Gasteiger partial charge < -0.3 is 20.1 Å². The highest BCUT2D eigenvalue weighted by atomic mass is 35.5. The molecule has 6 nitrogen and oxygen atoms in total. The van der Waals surface area contributed by atoms with E-state index in [4.69, 9.17) is 21.1 Å². The lowest BCUT2D eigenvalue weighted by Crippen LogP contribution is -2.27. The molecule has 0 aliphatic rings. The maximum atomic E-state index is 11.9. The highest BCUT2D eigenvalue weighted by Crippen LogP contribution is 2.32. The number of anilines is 2. The van der Waals surface area contributed by atoms with Crippen LogP contribution in [0.25, 0.3) is 0 Å². The maximum absolute atomic E-state index is 11.9. The van der Waals surface area contributed by atoms with Crippen LogP contribution in [-0.4, -0.2) is 38.3 Å². The van der Waals surface area contributed by atoms with E-state index in [-0.39, 0.29) is 5.91 Å². The van der Waals surface area contributed by atoms with Crippen molar-refractivity contribution in [1.29, 1.82) is 0 Å². The fourth-order valence-electron chi connectivity index (χ4n) is 2.04. The Hall–Kier alpha value is -2.31. The number of methoxy groups -OCH3 is 2. The summed E-state index contributed by atoms with van der Waals surface area (Å²) >= 11 is 6.10.